The first kappa shape index (κ1) is 28.3. The van der Waals surface area contributed by atoms with Crippen molar-refractivity contribution >= 4 is 17.4 Å². The topological polar surface area (TPSA) is 145 Å². The van der Waals surface area contributed by atoms with Crippen molar-refractivity contribution in [1.29, 1.82) is 0 Å². The van der Waals surface area contributed by atoms with Crippen LogP contribution >= 0.6 is 0 Å². The van der Waals surface area contributed by atoms with E-state index in [4.69, 9.17) is 4.42 Å². The van der Waals surface area contributed by atoms with Crippen molar-refractivity contribution in [1.82, 2.24) is 30.0 Å². The standard InChI is InChI=1S/C29H33N7O4/c1-17(2)23(24(38)26-34-35-28(40-26)29(4,5)21-13-12-18(3)14-31-21)33-22(37)16-36-25(19-10-8-7-9-11-19)32-15-20(30-6)27(36)39/h7-15,17,23,30H,16H2,1-6H3,(H,33,37)/t23-/m1/s1. The van der Waals surface area contributed by atoms with Gasteiger partial charge in [-0.3, -0.25) is 23.9 Å². The van der Waals surface area contributed by atoms with Gasteiger partial charge in [0, 0.05) is 18.8 Å². The molecular weight excluding hydrogens is 510 g/mol. The van der Waals surface area contributed by atoms with Crippen molar-refractivity contribution in [2.75, 3.05) is 12.4 Å². The fourth-order valence-electron chi connectivity index (χ4n) is 4.18. The second-order valence-corrected chi connectivity index (χ2v) is 10.4. The Labute approximate surface area is 232 Å². The summed E-state index contributed by atoms with van der Waals surface area (Å²) >= 11 is 0. The molecule has 0 unspecified atom stereocenters. The molecule has 0 aliphatic rings. The maximum absolute atomic E-state index is 13.4. The summed E-state index contributed by atoms with van der Waals surface area (Å²) in [7, 11) is 1.60. The van der Waals surface area contributed by atoms with Crippen LogP contribution in [-0.2, 0) is 16.8 Å². The van der Waals surface area contributed by atoms with Crippen LogP contribution < -0.4 is 16.2 Å². The van der Waals surface area contributed by atoms with Gasteiger partial charge >= 0.3 is 0 Å². The third-order valence-electron chi connectivity index (χ3n) is 6.64. The lowest BCUT2D eigenvalue weighted by molar-refractivity contribution is -0.122. The number of hydrogen-bond acceptors (Lipinski definition) is 9. The molecule has 1 atom stereocenters. The van der Waals surface area contributed by atoms with E-state index < -0.39 is 28.7 Å². The van der Waals surface area contributed by atoms with Crippen molar-refractivity contribution in [3.8, 4) is 11.4 Å². The molecule has 1 amide bonds. The van der Waals surface area contributed by atoms with Crippen LogP contribution in [0, 0.1) is 12.8 Å². The predicted octanol–water partition coefficient (Wildman–Crippen LogP) is 3.39. The van der Waals surface area contributed by atoms with Gasteiger partial charge in [0.25, 0.3) is 11.4 Å². The van der Waals surface area contributed by atoms with Gasteiger partial charge in [-0.15, -0.1) is 10.2 Å². The highest BCUT2D eigenvalue weighted by Gasteiger charge is 2.35. The fourth-order valence-corrected chi connectivity index (χ4v) is 4.18. The molecule has 0 bridgehead atoms. The number of aromatic nitrogens is 5. The van der Waals surface area contributed by atoms with Crippen LogP contribution in [0.4, 0.5) is 5.69 Å². The molecule has 40 heavy (non-hydrogen) atoms. The van der Waals surface area contributed by atoms with E-state index in [-0.39, 0.29) is 29.9 Å². The van der Waals surface area contributed by atoms with Gasteiger partial charge in [0.1, 0.15) is 18.1 Å². The number of pyridine rings is 1. The number of carbonyl (C=O) groups is 2. The summed E-state index contributed by atoms with van der Waals surface area (Å²) in [5.74, 6) is -1.01. The summed E-state index contributed by atoms with van der Waals surface area (Å²) in [4.78, 5) is 48.6. The third-order valence-corrected chi connectivity index (χ3v) is 6.64. The first-order chi connectivity index (χ1) is 19.0. The van der Waals surface area contributed by atoms with Crippen LogP contribution in [0.25, 0.3) is 11.4 Å². The molecule has 4 aromatic rings. The molecule has 208 valence electrons. The molecule has 0 radical (unpaired) electrons. The monoisotopic (exact) mass is 543 g/mol. The highest BCUT2D eigenvalue weighted by molar-refractivity contribution is 5.98. The molecule has 0 fully saturated rings. The summed E-state index contributed by atoms with van der Waals surface area (Å²) in [5.41, 5.74) is 1.50. The number of Topliss-reactive ketones (excluding diaryl/α,β-unsaturated/α-hetero) is 1. The first-order valence-electron chi connectivity index (χ1n) is 13.0. The van der Waals surface area contributed by atoms with E-state index in [9.17, 15) is 14.4 Å². The number of anilines is 1. The highest BCUT2D eigenvalue weighted by Crippen LogP contribution is 2.29. The first-order valence-corrected chi connectivity index (χ1v) is 13.0. The SMILES string of the molecule is CNc1cnc(-c2ccccc2)n(CC(=O)N[C@@H](C(=O)c2nnc(C(C)(C)c3ccc(C)cn3)o2)C(C)C)c1=O. The number of aryl methyl sites for hydroxylation is 1. The lowest BCUT2D eigenvalue weighted by Gasteiger charge is -2.21. The lowest BCUT2D eigenvalue weighted by Crippen LogP contribution is -2.46. The van der Waals surface area contributed by atoms with Gasteiger partial charge < -0.3 is 15.1 Å². The Kier molecular flexibility index (Phi) is 8.22. The minimum Gasteiger partial charge on any atom is -0.417 e. The van der Waals surface area contributed by atoms with Gasteiger partial charge in [0.05, 0.1) is 23.3 Å². The Morgan fingerprint density at radius 3 is 2.38 bits per heavy atom. The Balaban J connectivity index is 1.57. The van der Waals surface area contributed by atoms with E-state index in [1.54, 1.807) is 39.2 Å². The van der Waals surface area contributed by atoms with Crippen molar-refractivity contribution in [2.45, 2.75) is 52.6 Å². The summed E-state index contributed by atoms with van der Waals surface area (Å²) in [6, 6.07) is 11.9. The Morgan fingerprint density at radius 2 is 1.75 bits per heavy atom. The van der Waals surface area contributed by atoms with Gasteiger partial charge in [0.15, 0.2) is 0 Å². The summed E-state index contributed by atoms with van der Waals surface area (Å²) in [6.07, 6.45) is 3.18. The quantitative estimate of drug-likeness (QED) is 0.288. The molecule has 2 N–H and O–H groups in total. The van der Waals surface area contributed by atoms with Crippen LogP contribution in [0.1, 0.15) is 55.5 Å². The van der Waals surface area contributed by atoms with Gasteiger partial charge in [-0.2, -0.15) is 0 Å². The van der Waals surface area contributed by atoms with E-state index in [1.807, 2.05) is 51.1 Å². The second-order valence-electron chi connectivity index (χ2n) is 10.4. The second kappa shape index (κ2) is 11.6. The number of carbonyl (C=O) groups excluding carboxylic acids is 2. The highest BCUT2D eigenvalue weighted by atomic mass is 16.4. The molecular formula is C29H33N7O4. The zero-order valence-corrected chi connectivity index (χ0v) is 23.4. The van der Waals surface area contributed by atoms with Gasteiger partial charge in [-0.25, -0.2) is 4.98 Å². The van der Waals surface area contributed by atoms with E-state index in [0.717, 1.165) is 5.56 Å². The Bertz CT molecular complexity index is 1560. The maximum Gasteiger partial charge on any atom is 0.286 e. The number of ketones is 1. The predicted molar refractivity (Wildman–Crippen MR) is 150 cm³/mol. The van der Waals surface area contributed by atoms with Gasteiger partial charge in [-0.1, -0.05) is 50.2 Å². The number of nitrogens with one attached hydrogen (secondary N) is 2. The van der Waals surface area contributed by atoms with Crippen LogP contribution in [0.5, 0.6) is 0 Å². The number of amides is 1. The molecule has 0 saturated carbocycles. The normalized spacial score (nSPS) is 12.3. The van der Waals surface area contributed by atoms with Gasteiger partial charge in [-0.05, 0) is 38.3 Å². The zero-order chi connectivity index (χ0) is 29.0. The lowest BCUT2D eigenvalue weighted by atomic mass is 9.88. The molecule has 1 aromatic carbocycles. The summed E-state index contributed by atoms with van der Waals surface area (Å²) < 4.78 is 7.09. The molecule has 3 aromatic heterocycles. The molecule has 0 spiro atoms. The van der Waals surface area contributed by atoms with Crippen molar-refractivity contribution in [3.63, 3.8) is 0 Å². The smallest absolute Gasteiger partial charge is 0.286 e. The fraction of sp³-hybridized carbons (Fsp3) is 0.345. The molecule has 4 rings (SSSR count). The van der Waals surface area contributed by atoms with Crippen molar-refractivity contribution in [2.24, 2.45) is 5.92 Å². The van der Waals surface area contributed by atoms with Gasteiger partial charge in [0.2, 0.25) is 17.6 Å². The van der Waals surface area contributed by atoms with Crippen LogP contribution in [0.2, 0.25) is 0 Å². The largest absolute Gasteiger partial charge is 0.417 e. The van der Waals surface area contributed by atoms with Crippen molar-refractivity contribution < 1.29 is 14.0 Å². The maximum atomic E-state index is 13.4. The average Bonchev–Trinajstić information content (AvgIpc) is 3.44. The number of rotatable bonds is 10. The molecule has 11 heteroatoms. The average molecular weight is 544 g/mol. The Hall–Kier alpha value is -4.67. The van der Waals surface area contributed by atoms with Crippen LogP contribution in [-0.4, -0.2) is 49.5 Å². The molecule has 0 saturated heterocycles. The molecule has 11 nitrogen and oxygen atoms in total. The van der Waals surface area contributed by atoms with Crippen molar-refractivity contribution in [3.05, 3.63) is 88.3 Å². The van der Waals surface area contributed by atoms with E-state index >= 15 is 0 Å². The van der Waals surface area contributed by atoms with Crippen LogP contribution in [0.15, 0.2) is 64.1 Å². The summed E-state index contributed by atoms with van der Waals surface area (Å²) in [6.45, 7) is 8.95. The zero-order valence-electron chi connectivity index (χ0n) is 23.4. The number of benzene rings is 1. The molecule has 0 aliphatic heterocycles. The summed E-state index contributed by atoms with van der Waals surface area (Å²) in [5, 5.41) is 13.7. The number of hydrogen-bond donors (Lipinski definition) is 2. The molecule has 0 aliphatic carbocycles. The van der Waals surface area contributed by atoms with Crippen LogP contribution in [0.3, 0.4) is 0 Å². The number of nitrogens with zero attached hydrogens (tertiary/aromatic N) is 5. The molecule has 3 heterocycles. The minimum atomic E-state index is -0.960. The Morgan fingerprint density at radius 1 is 1.02 bits per heavy atom. The van der Waals surface area contributed by atoms with E-state index in [1.165, 1.54) is 10.8 Å². The minimum absolute atomic E-state index is 0.213. The van der Waals surface area contributed by atoms with E-state index in [2.05, 4.69) is 30.8 Å². The third kappa shape index (κ3) is 5.83. The van der Waals surface area contributed by atoms with E-state index in [0.29, 0.717) is 17.1 Å².